The maximum Gasteiger partial charge on any atom is 0.267 e. The third-order valence-electron chi connectivity index (χ3n) is 5.71. The molecule has 0 atom stereocenters. The van der Waals surface area contributed by atoms with Crippen LogP contribution in [0.1, 0.15) is 28.1 Å². The first-order valence-electron chi connectivity index (χ1n) is 10.3. The second-order valence-corrected chi connectivity index (χ2v) is 10.7. The number of hydrogen-bond donors (Lipinski definition) is 0. The van der Waals surface area contributed by atoms with Crippen molar-refractivity contribution in [3.8, 4) is 5.69 Å². The Kier molecular flexibility index (Phi) is 4.78. The number of thioether (sulfide) groups is 1. The van der Waals surface area contributed by atoms with E-state index in [1.165, 1.54) is 33.5 Å². The van der Waals surface area contributed by atoms with E-state index in [0.717, 1.165) is 40.7 Å². The Balaban J connectivity index is 1.48. The number of nitrogens with zero attached hydrogens (tertiary/aromatic N) is 4. The van der Waals surface area contributed by atoms with Crippen LogP contribution in [0.2, 0.25) is 0 Å². The van der Waals surface area contributed by atoms with E-state index in [1.54, 1.807) is 32.6 Å². The lowest BCUT2D eigenvalue weighted by Gasteiger charge is -2.12. The molecule has 0 spiro atoms. The van der Waals surface area contributed by atoms with Crippen molar-refractivity contribution in [3.05, 3.63) is 84.3 Å². The van der Waals surface area contributed by atoms with Gasteiger partial charge in [-0.15, -0.1) is 22.7 Å². The lowest BCUT2D eigenvalue weighted by molar-refractivity contribution is 0.819. The lowest BCUT2D eigenvalue weighted by Crippen LogP contribution is -2.22. The van der Waals surface area contributed by atoms with Crippen LogP contribution in [-0.4, -0.2) is 18.9 Å². The van der Waals surface area contributed by atoms with Gasteiger partial charge in [-0.05, 0) is 43.9 Å². The first-order valence-corrected chi connectivity index (χ1v) is 13.0. The largest absolute Gasteiger partial charge is 0.269 e. The average Bonchev–Trinajstić information content (AvgIpc) is 3.49. The molecule has 0 saturated carbocycles. The summed E-state index contributed by atoms with van der Waals surface area (Å²) in [6.45, 7) is 2.03. The van der Waals surface area contributed by atoms with E-state index < -0.39 is 0 Å². The third kappa shape index (κ3) is 3.23. The third-order valence-corrected chi connectivity index (χ3v) is 8.62. The number of aromatic nitrogens is 4. The van der Waals surface area contributed by atoms with Crippen LogP contribution in [0.4, 0.5) is 0 Å². The van der Waals surface area contributed by atoms with E-state index in [2.05, 4.69) is 4.98 Å². The fourth-order valence-corrected chi connectivity index (χ4v) is 7.09. The summed E-state index contributed by atoms with van der Waals surface area (Å²) < 4.78 is 3.26. The van der Waals surface area contributed by atoms with E-state index in [1.807, 2.05) is 36.6 Å². The van der Waals surface area contributed by atoms with Gasteiger partial charge in [0, 0.05) is 28.3 Å². The number of aryl methyl sites for hydroxylation is 3. The molecule has 1 aliphatic carbocycles. The summed E-state index contributed by atoms with van der Waals surface area (Å²) in [6.07, 6.45) is 4.80. The number of thiazole rings is 1. The minimum absolute atomic E-state index is 0.0116. The van der Waals surface area contributed by atoms with E-state index in [4.69, 9.17) is 4.98 Å². The molecule has 1 aliphatic rings. The zero-order chi connectivity index (χ0) is 21.8. The molecular weight excluding hydrogens is 460 g/mol. The van der Waals surface area contributed by atoms with Crippen molar-refractivity contribution in [3.63, 3.8) is 0 Å². The predicted molar refractivity (Wildman–Crippen MR) is 131 cm³/mol. The topological polar surface area (TPSA) is 69.3 Å². The Morgan fingerprint density at radius 2 is 1.97 bits per heavy atom. The van der Waals surface area contributed by atoms with Crippen molar-refractivity contribution in [2.75, 3.05) is 0 Å². The summed E-state index contributed by atoms with van der Waals surface area (Å²) in [5.74, 6) is 0.457. The molecule has 4 aromatic heterocycles. The summed E-state index contributed by atoms with van der Waals surface area (Å²) in [6, 6.07) is 9.49. The minimum atomic E-state index is -0.0964. The molecule has 0 saturated heterocycles. The molecule has 0 bridgehead atoms. The van der Waals surface area contributed by atoms with Gasteiger partial charge in [-0.1, -0.05) is 29.5 Å². The van der Waals surface area contributed by atoms with Crippen molar-refractivity contribution in [1.29, 1.82) is 0 Å². The van der Waals surface area contributed by atoms with Crippen LogP contribution in [0.25, 0.3) is 20.9 Å². The zero-order valence-corrected chi connectivity index (χ0v) is 19.6. The Hall–Kier alpha value is -2.75. The maximum absolute atomic E-state index is 13.7. The molecule has 32 heavy (non-hydrogen) atoms. The summed E-state index contributed by atoms with van der Waals surface area (Å²) in [7, 11) is 0. The highest BCUT2D eigenvalue weighted by atomic mass is 32.2. The highest BCUT2D eigenvalue weighted by molar-refractivity contribution is 7.98. The van der Waals surface area contributed by atoms with Crippen LogP contribution in [-0.2, 0) is 18.6 Å². The van der Waals surface area contributed by atoms with Crippen molar-refractivity contribution in [2.24, 2.45) is 0 Å². The van der Waals surface area contributed by atoms with Gasteiger partial charge < -0.3 is 0 Å². The van der Waals surface area contributed by atoms with Gasteiger partial charge in [-0.2, -0.15) is 0 Å². The highest BCUT2D eigenvalue weighted by Gasteiger charge is 2.24. The van der Waals surface area contributed by atoms with Gasteiger partial charge in [0.15, 0.2) is 10.1 Å². The Morgan fingerprint density at radius 3 is 2.81 bits per heavy atom. The molecular formula is C23H18N4O2S3. The van der Waals surface area contributed by atoms with Crippen molar-refractivity contribution in [1.82, 2.24) is 18.9 Å². The van der Waals surface area contributed by atoms with Crippen LogP contribution < -0.4 is 11.1 Å². The molecule has 0 amide bonds. The second kappa shape index (κ2) is 7.68. The minimum Gasteiger partial charge on any atom is -0.269 e. The average molecular weight is 479 g/mol. The first kappa shape index (κ1) is 19.9. The summed E-state index contributed by atoms with van der Waals surface area (Å²) in [5.41, 5.74) is 3.69. The standard InChI is InChI=1S/C23H18N4O2S3/c1-13-5-7-15(8-6-13)27-21(29)19-16-3-2-4-17(16)32-20(19)25-23(27)31-12-14-11-18(28)26-9-10-30-22(26)24-14/h5-11H,2-4,12H2,1H3. The van der Waals surface area contributed by atoms with Crippen LogP contribution >= 0.6 is 34.4 Å². The fraction of sp³-hybridized carbons (Fsp3) is 0.217. The predicted octanol–water partition coefficient (Wildman–Crippen LogP) is 4.61. The number of hydrogen-bond acceptors (Lipinski definition) is 7. The van der Waals surface area contributed by atoms with E-state index >= 15 is 0 Å². The van der Waals surface area contributed by atoms with Crippen LogP contribution in [0.5, 0.6) is 0 Å². The Bertz CT molecular complexity index is 1610. The molecule has 0 radical (unpaired) electrons. The molecule has 6 rings (SSSR count). The molecule has 0 aliphatic heterocycles. The van der Waals surface area contributed by atoms with Crippen LogP contribution in [0.15, 0.2) is 56.7 Å². The normalized spacial score (nSPS) is 13.3. The second-order valence-electron chi connectivity index (χ2n) is 7.84. The molecule has 1 aromatic carbocycles. The number of fused-ring (bicyclic) bond motifs is 4. The summed E-state index contributed by atoms with van der Waals surface area (Å²) >= 11 is 4.51. The van der Waals surface area contributed by atoms with Gasteiger partial charge in [-0.3, -0.25) is 18.6 Å². The SMILES string of the molecule is Cc1ccc(-n2c(SCc3cc(=O)n4ccsc4n3)nc3sc4c(c3c2=O)CCC4)cc1. The van der Waals surface area contributed by atoms with Gasteiger partial charge >= 0.3 is 0 Å². The van der Waals surface area contributed by atoms with Gasteiger partial charge in [0.25, 0.3) is 11.1 Å². The van der Waals surface area contributed by atoms with Gasteiger partial charge in [0.1, 0.15) is 4.83 Å². The molecule has 0 unspecified atom stereocenters. The molecule has 9 heteroatoms. The molecule has 0 fully saturated rings. The van der Waals surface area contributed by atoms with E-state index in [-0.39, 0.29) is 11.1 Å². The van der Waals surface area contributed by atoms with Crippen molar-refractivity contribution >= 4 is 49.6 Å². The molecule has 160 valence electrons. The van der Waals surface area contributed by atoms with Crippen molar-refractivity contribution < 1.29 is 0 Å². The zero-order valence-electron chi connectivity index (χ0n) is 17.2. The Labute approximate surface area is 195 Å². The summed E-state index contributed by atoms with van der Waals surface area (Å²) in [5, 5.41) is 3.24. The monoisotopic (exact) mass is 478 g/mol. The molecule has 0 N–H and O–H groups in total. The lowest BCUT2D eigenvalue weighted by atomic mass is 10.2. The smallest absolute Gasteiger partial charge is 0.267 e. The fourth-order valence-electron chi connectivity index (χ4n) is 4.14. The summed E-state index contributed by atoms with van der Waals surface area (Å²) in [4.78, 5) is 38.4. The Morgan fingerprint density at radius 1 is 1.12 bits per heavy atom. The molecule has 4 heterocycles. The van der Waals surface area contributed by atoms with Crippen LogP contribution in [0.3, 0.4) is 0 Å². The molecule has 6 nitrogen and oxygen atoms in total. The van der Waals surface area contributed by atoms with E-state index in [0.29, 0.717) is 21.6 Å². The van der Waals surface area contributed by atoms with Crippen molar-refractivity contribution in [2.45, 2.75) is 37.1 Å². The number of rotatable bonds is 4. The van der Waals surface area contributed by atoms with Crippen LogP contribution in [0, 0.1) is 6.92 Å². The van der Waals surface area contributed by atoms with Gasteiger partial charge in [-0.25, -0.2) is 9.97 Å². The number of benzene rings is 1. The highest BCUT2D eigenvalue weighted by Crippen LogP contribution is 2.36. The quantitative estimate of drug-likeness (QED) is 0.279. The van der Waals surface area contributed by atoms with Gasteiger partial charge in [0.05, 0.1) is 16.8 Å². The van der Waals surface area contributed by atoms with Gasteiger partial charge in [0.2, 0.25) is 0 Å². The first-order chi connectivity index (χ1) is 15.6. The maximum atomic E-state index is 13.7. The number of thiophene rings is 1. The molecule has 5 aromatic rings. The van der Waals surface area contributed by atoms with E-state index in [9.17, 15) is 9.59 Å².